The van der Waals surface area contributed by atoms with Crippen LogP contribution in [0.1, 0.15) is 18.9 Å². The van der Waals surface area contributed by atoms with E-state index in [9.17, 15) is 29.1 Å². The number of amides is 4. The van der Waals surface area contributed by atoms with Crippen molar-refractivity contribution in [3.8, 4) is 0 Å². The molecular weight excluding hydrogens is 410 g/mol. The summed E-state index contributed by atoms with van der Waals surface area (Å²) in [5, 5.41) is 25.0. The molecule has 4 atom stereocenters. The van der Waals surface area contributed by atoms with Gasteiger partial charge in [-0.1, -0.05) is 30.3 Å². The van der Waals surface area contributed by atoms with Gasteiger partial charge in [0.15, 0.2) is 0 Å². The lowest BCUT2D eigenvalue weighted by Crippen LogP contribution is -2.57. The van der Waals surface area contributed by atoms with Crippen molar-refractivity contribution in [1.82, 2.24) is 16.0 Å². The molecule has 0 unspecified atom stereocenters. The molecule has 1 aromatic rings. The smallest absolute Gasteiger partial charge is 0.326 e. The molecule has 0 saturated heterocycles. The molecule has 4 amide bonds. The third-order valence-electron chi connectivity index (χ3n) is 4.22. The molecule has 0 aliphatic rings. The van der Waals surface area contributed by atoms with Gasteiger partial charge in [-0.25, -0.2) is 4.79 Å². The van der Waals surface area contributed by atoms with E-state index in [0.717, 1.165) is 0 Å². The van der Waals surface area contributed by atoms with Crippen LogP contribution in [0.15, 0.2) is 30.3 Å². The zero-order valence-corrected chi connectivity index (χ0v) is 16.9. The van der Waals surface area contributed by atoms with Crippen LogP contribution in [-0.2, 0) is 30.4 Å². The van der Waals surface area contributed by atoms with Gasteiger partial charge in [-0.2, -0.15) is 0 Å². The summed E-state index contributed by atoms with van der Waals surface area (Å²) in [6, 6.07) is 3.51. The van der Waals surface area contributed by atoms with E-state index in [1.807, 2.05) is 0 Å². The molecule has 0 radical (unpaired) electrons. The number of primary amides is 1. The summed E-state index contributed by atoms with van der Waals surface area (Å²) in [5.74, 6) is -4.74. The van der Waals surface area contributed by atoms with Crippen LogP contribution in [0, 0.1) is 0 Å². The summed E-state index contributed by atoms with van der Waals surface area (Å²) in [7, 11) is 0. The van der Waals surface area contributed by atoms with Crippen molar-refractivity contribution < 1.29 is 34.2 Å². The Morgan fingerprint density at radius 2 is 1.52 bits per heavy atom. The first-order valence-electron chi connectivity index (χ1n) is 9.37. The van der Waals surface area contributed by atoms with E-state index in [4.69, 9.17) is 16.6 Å². The Bertz CT molecular complexity index is 802. The Labute approximate surface area is 178 Å². The third-order valence-corrected chi connectivity index (χ3v) is 4.22. The van der Waals surface area contributed by atoms with E-state index in [2.05, 4.69) is 16.0 Å². The zero-order valence-electron chi connectivity index (χ0n) is 16.9. The molecule has 1 rings (SSSR count). The van der Waals surface area contributed by atoms with E-state index < -0.39 is 66.8 Å². The normalized spacial score (nSPS) is 14.4. The Morgan fingerprint density at radius 1 is 0.935 bits per heavy atom. The molecule has 12 nitrogen and oxygen atoms in total. The maximum atomic E-state index is 12.7. The first-order valence-corrected chi connectivity index (χ1v) is 9.37. The molecule has 0 saturated carbocycles. The van der Waals surface area contributed by atoms with Gasteiger partial charge in [-0.05, 0) is 12.5 Å². The number of rotatable bonds is 12. The van der Waals surface area contributed by atoms with Crippen molar-refractivity contribution in [2.24, 2.45) is 11.5 Å². The van der Waals surface area contributed by atoms with Gasteiger partial charge in [0, 0.05) is 6.42 Å². The molecule has 9 N–H and O–H groups in total. The summed E-state index contributed by atoms with van der Waals surface area (Å²) in [5.41, 5.74) is 11.1. The minimum Gasteiger partial charge on any atom is -0.480 e. The van der Waals surface area contributed by atoms with Gasteiger partial charge in [0.05, 0.1) is 13.0 Å². The second-order valence-corrected chi connectivity index (χ2v) is 6.84. The minimum atomic E-state index is -1.57. The fourth-order valence-corrected chi connectivity index (χ4v) is 2.50. The Morgan fingerprint density at radius 3 is 2.03 bits per heavy atom. The summed E-state index contributed by atoms with van der Waals surface area (Å²) in [6.07, 6.45) is -0.614. The fourth-order valence-electron chi connectivity index (χ4n) is 2.50. The monoisotopic (exact) mass is 437 g/mol. The Kier molecular flexibility index (Phi) is 10.1. The predicted molar refractivity (Wildman–Crippen MR) is 108 cm³/mol. The number of carboxylic acid groups (broad SMARTS) is 1. The molecule has 0 heterocycles. The molecule has 31 heavy (non-hydrogen) atoms. The summed E-state index contributed by atoms with van der Waals surface area (Å²) in [4.78, 5) is 59.3. The van der Waals surface area contributed by atoms with Gasteiger partial charge in [-0.3, -0.25) is 19.2 Å². The van der Waals surface area contributed by atoms with Gasteiger partial charge in [0.2, 0.25) is 23.6 Å². The highest BCUT2D eigenvalue weighted by Gasteiger charge is 2.29. The zero-order chi connectivity index (χ0) is 23.6. The number of carbonyl (C=O) groups is 5. The first kappa shape index (κ1) is 25.5. The van der Waals surface area contributed by atoms with E-state index in [-0.39, 0.29) is 6.42 Å². The summed E-state index contributed by atoms with van der Waals surface area (Å²) < 4.78 is 0. The number of aliphatic carboxylic acids is 1. The van der Waals surface area contributed by atoms with Crippen LogP contribution >= 0.6 is 0 Å². The molecule has 0 aliphatic carbocycles. The Hall–Kier alpha value is -3.51. The van der Waals surface area contributed by atoms with Gasteiger partial charge in [0.1, 0.15) is 24.2 Å². The Balaban J connectivity index is 2.96. The van der Waals surface area contributed by atoms with E-state index >= 15 is 0 Å². The fraction of sp³-hybridized carbons (Fsp3) is 0.421. The standard InChI is InChI=1S/C19H27N5O7/c1-10(22-17(28)12(20)9-25)16(27)23-13(7-11-5-3-2-4-6-11)18(29)24-14(19(30)31)8-15(21)26/h2-6,10,12-14,25H,7-9,20H2,1H3,(H2,21,26)(H,22,28)(H,23,27)(H,24,29)(H,30,31)/t10-,12-,13-,14-/m0/s1. The highest BCUT2D eigenvalue weighted by Crippen LogP contribution is 2.05. The topological polar surface area (TPSA) is 214 Å². The maximum absolute atomic E-state index is 12.7. The van der Waals surface area contributed by atoms with Crippen LogP contribution in [0.3, 0.4) is 0 Å². The number of aliphatic hydroxyl groups is 1. The largest absolute Gasteiger partial charge is 0.480 e. The van der Waals surface area contributed by atoms with E-state index in [0.29, 0.717) is 5.56 Å². The number of aliphatic hydroxyl groups excluding tert-OH is 1. The van der Waals surface area contributed by atoms with Crippen molar-refractivity contribution in [2.45, 2.75) is 43.9 Å². The minimum absolute atomic E-state index is 0.0120. The number of hydrogen-bond acceptors (Lipinski definition) is 7. The van der Waals surface area contributed by atoms with E-state index in [1.54, 1.807) is 30.3 Å². The molecule has 0 bridgehead atoms. The first-order chi connectivity index (χ1) is 14.5. The van der Waals surface area contributed by atoms with Gasteiger partial charge >= 0.3 is 5.97 Å². The second-order valence-electron chi connectivity index (χ2n) is 6.84. The number of nitrogens with one attached hydrogen (secondary N) is 3. The molecule has 0 aliphatic heterocycles. The summed E-state index contributed by atoms with van der Waals surface area (Å²) in [6.45, 7) is 0.734. The molecule has 1 aromatic carbocycles. The predicted octanol–water partition coefficient (Wildman–Crippen LogP) is -3.02. The number of carboxylic acids is 1. The average molecular weight is 437 g/mol. The van der Waals surface area contributed by atoms with Crippen molar-refractivity contribution in [1.29, 1.82) is 0 Å². The second kappa shape index (κ2) is 12.2. The molecular formula is C19H27N5O7. The van der Waals surface area contributed by atoms with Crippen molar-refractivity contribution in [3.63, 3.8) is 0 Å². The van der Waals surface area contributed by atoms with Gasteiger partial charge in [-0.15, -0.1) is 0 Å². The van der Waals surface area contributed by atoms with Gasteiger partial charge < -0.3 is 37.6 Å². The number of hydrogen-bond donors (Lipinski definition) is 7. The van der Waals surface area contributed by atoms with Gasteiger partial charge in [0.25, 0.3) is 0 Å². The van der Waals surface area contributed by atoms with Crippen LogP contribution in [0.5, 0.6) is 0 Å². The highest BCUT2D eigenvalue weighted by atomic mass is 16.4. The van der Waals surface area contributed by atoms with Crippen LogP contribution in [0.25, 0.3) is 0 Å². The molecule has 0 aromatic heterocycles. The van der Waals surface area contributed by atoms with Crippen molar-refractivity contribution >= 4 is 29.6 Å². The average Bonchev–Trinajstić information content (AvgIpc) is 2.72. The third kappa shape index (κ3) is 8.80. The van der Waals surface area contributed by atoms with Crippen LogP contribution in [-0.4, -0.2) is 70.6 Å². The lowest BCUT2D eigenvalue weighted by Gasteiger charge is -2.23. The molecule has 0 spiro atoms. The van der Waals surface area contributed by atoms with E-state index in [1.165, 1.54) is 6.92 Å². The SMILES string of the molecule is C[C@H](NC(=O)[C@@H](N)CO)C(=O)N[C@@H](Cc1ccccc1)C(=O)N[C@@H](CC(N)=O)C(=O)O. The lowest BCUT2D eigenvalue weighted by atomic mass is 10.0. The molecule has 12 heteroatoms. The van der Waals surface area contributed by atoms with Crippen LogP contribution < -0.4 is 27.4 Å². The van der Waals surface area contributed by atoms with Crippen LogP contribution in [0.4, 0.5) is 0 Å². The van der Waals surface area contributed by atoms with Crippen LogP contribution in [0.2, 0.25) is 0 Å². The highest BCUT2D eigenvalue weighted by molar-refractivity contribution is 5.94. The maximum Gasteiger partial charge on any atom is 0.326 e. The lowest BCUT2D eigenvalue weighted by molar-refractivity contribution is -0.143. The summed E-state index contributed by atoms with van der Waals surface area (Å²) >= 11 is 0. The molecule has 170 valence electrons. The van der Waals surface area contributed by atoms with Crippen molar-refractivity contribution in [3.05, 3.63) is 35.9 Å². The quantitative estimate of drug-likeness (QED) is 0.178. The number of carbonyl (C=O) groups excluding carboxylic acids is 4. The number of nitrogens with two attached hydrogens (primary N) is 2. The number of benzene rings is 1. The molecule has 0 fully saturated rings. The van der Waals surface area contributed by atoms with Crippen molar-refractivity contribution in [2.75, 3.05) is 6.61 Å².